The van der Waals surface area contributed by atoms with Gasteiger partial charge < -0.3 is 5.32 Å². The third kappa shape index (κ3) is 6.36. The third-order valence-electron chi connectivity index (χ3n) is 5.93. The van der Waals surface area contributed by atoms with E-state index >= 15 is 0 Å². The number of piperidine rings is 1. The first kappa shape index (κ1) is 25.1. The average Bonchev–Trinajstić information content (AvgIpc) is 2.83. The van der Waals surface area contributed by atoms with Crippen molar-refractivity contribution in [2.24, 2.45) is 5.92 Å². The highest BCUT2D eigenvalue weighted by Crippen LogP contribution is 2.25. The molecule has 1 aliphatic rings. The van der Waals surface area contributed by atoms with Gasteiger partial charge in [0, 0.05) is 34.4 Å². The van der Waals surface area contributed by atoms with Crippen molar-refractivity contribution in [1.82, 2.24) is 4.90 Å². The summed E-state index contributed by atoms with van der Waals surface area (Å²) in [5.41, 5.74) is 1.18. The molecule has 0 saturated carbocycles. The number of amides is 1. The Morgan fingerprint density at radius 1 is 0.943 bits per heavy atom. The number of rotatable bonds is 7. The van der Waals surface area contributed by atoms with Gasteiger partial charge in [-0.25, -0.2) is 17.2 Å². The average molecular weight is 520 g/mol. The van der Waals surface area contributed by atoms with Gasteiger partial charge in [-0.3, -0.25) is 14.4 Å². The number of benzene rings is 3. The maximum atomic E-state index is 14.0. The van der Waals surface area contributed by atoms with Crippen molar-refractivity contribution in [2.75, 3.05) is 23.1 Å². The number of carbonyl (C=O) groups is 1. The van der Waals surface area contributed by atoms with E-state index in [9.17, 15) is 22.0 Å². The van der Waals surface area contributed by atoms with Crippen LogP contribution in [-0.4, -0.2) is 32.3 Å². The summed E-state index contributed by atoms with van der Waals surface area (Å²) >= 11 is 6.12. The summed E-state index contributed by atoms with van der Waals surface area (Å²) in [6.45, 7) is 1.66. The molecule has 3 aromatic rings. The molecule has 4 rings (SSSR count). The molecule has 1 fully saturated rings. The Labute approximate surface area is 208 Å². The zero-order valence-electron chi connectivity index (χ0n) is 18.7. The van der Waals surface area contributed by atoms with Crippen LogP contribution in [0.4, 0.5) is 20.2 Å². The molecule has 184 valence electrons. The summed E-state index contributed by atoms with van der Waals surface area (Å²) in [7, 11) is -3.86. The summed E-state index contributed by atoms with van der Waals surface area (Å²) in [6, 6.07) is 15.4. The molecule has 1 heterocycles. The highest BCUT2D eigenvalue weighted by molar-refractivity contribution is 7.92. The normalized spacial score (nSPS) is 15.1. The molecular formula is C25H24ClF2N3O3S. The minimum absolute atomic E-state index is 0.0138. The van der Waals surface area contributed by atoms with Gasteiger partial charge in [-0.05, 0) is 86.6 Å². The van der Waals surface area contributed by atoms with Gasteiger partial charge in [0.25, 0.3) is 10.0 Å². The number of carbonyl (C=O) groups excluding carboxylic acids is 1. The molecule has 1 aliphatic heterocycles. The molecule has 2 N–H and O–H groups in total. The van der Waals surface area contributed by atoms with E-state index in [2.05, 4.69) is 14.9 Å². The zero-order chi connectivity index (χ0) is 25.0. The monoisotopic (exact) mass is 519 g/mol. The van der Waals surface area contributed by atoms with Crippen molar-refractivity contribution in [3.63, 3.8) is 0 Å². The zero-order valence-corrected chi connectivity index (χ0v) is 20.3. The molecule has 3 aromatic carbocycles. The summed E-state index contributed by atoms with van der Waals surface area (Å²) in [6.07, 6.45) is 1.23. The van der Waals surface area contributed by atoms with Gasteiger partial charge in [0.05, 0.1) is 4.90 Å². The molecule has 6 nitrogen and oxygen atoms in total. The fourth-order valence-electron chi connectivity index (χ4n) is 3.95. The highest BCUT2D eigenvalue weighted by Gasteiger charge is 2.26. The Bertz CT molecular complexity index is 1270. The van der Waals surface area contributed by atoms with Crippen molar-refractivity contribution in [2.45, 2.75) is 24.3 Å². The van der Waals surface area contributed by atoms with Gasteiger partial charge in [0.2, 0.25) is 5.91 Å². The van der Waals surface area contributed by atoms with Crippen LogP contribution in [0.3, 0.4) is 0 Å². The van der Waals surface area contributed by atoms with Crippen molar-refractivity contribution in [1.29, 1.82) is 0 Å². The second kappa shape index (κ2) is 10.7. The van der Waals surface area contributed by atoms with E-state index in [1.807, 2.05) is 0 Å². The van der Waals surface area contributed by atoms with E-state index < -0.39 is 15.8 Å². The van der Waals surface area contributed by atoms with E-state index in [0.717, 1.165) is 12.1 Å². The van der Waals surface area contributed by atoms with Crippen LogP contribution in [0.15, 0.2) is 71.6 Å². The fraction of sp³-hybridized carbons (Fsp3) is 0.240. The molecule has 0 atom stereocenters. The Hall–Kier alpha value is -3.01. The summed E-state index contributed by atoms with van der Waals surface area (Å²) in [5.74, 6) is -1.15. The maximum Gasteiger partial charge on any atom is 0.261 e. The molecule has 1 saturated heterocycles. The SMILES string of the molecule is O=C(Nc1ccc(S(=O)(=O)Nc2ccc(F)cc2)cc1)C1CCN(Cc2c(F)cccc2Cl)CC1. The first-order valence-electron chi connectivity index (χ1n) is 11.1. The number of hydrogen-bond acceptors (Lipinski definition) is 4. The van der Waals surface area contributed by atoms with E-state index in [1.54, 1.807) is 12.1 Å². The molecule has 0 aromatic heterocycles. The standard InChI is InChI=1S/C25H24ClF2N3O3S/c26-23-2-1-3-24(28)22(23)16-31-14-12-17(13-15-31)25(32)29-19-8-10-21(11-9-19)35(33,34)30-20-6-4-18(27)5-7-20/h1-11,17,30H,12-16H2,(H,29,32). The van der Waals surface area contributed by atoms with Crippen molar-refractivity contribution < 1.29 is 22.0 Å². The van der Waals surface area contributed by atoms with Crippen LogP contribution in [0.1, 0.15) is 18.4 Å². The van der Waals surface area contributed by atoms with Crippen LogP contribution in [0.25, 0.3) is 0 Å². The maximum absolute atomic E-state index is 14.0. The first-order valence-corrected chi connectivity index (χ1v) is 12.9. The first-order chi connectivity index (χ1) is 16.7. The second-order valence-electron chi connectivity index (χ2n) is 8.38. The Morgan fingerprint density at radius 2 is 1.57 bits per heavy atom. The van der Waals surface area contributed by atoms with Crippen LogP contribution in [0.5, 0.6) is 0 Å². The fourth-order valence-corrected chi connectivity index (χ4v) is 5.24. The predicted octanol–water partition coefficient (Wildman–Crippen LogP) is 5.27. The smallest absolute Gasteiger partial charge is 0.261 e. The molecule has 10 heteroatoms. The number of sulfonamides is 1. The van der Waals surface area contributed by atoms with Crippen LogP contribution >= 0.6 is 11.6 Å². The minimum Gasteiger partial charge on any atom is -0.326 e. The minimum atomic E-state index is -3.86. The molecule has 0 radical (unpaired) electrons. The number of anilines is 2. The molecular weight excluding hydrogens is 496 g/mol. The lowest BCUT2D eigenvalue weighted by Gasteiger charge is -2.31. The molecule has 0 unspecified atom stereocenters. The Balaban J connectivity index is 1.30. The summed E-state index contributed by atoms with van der Waals surface area (Å²) < 4.78 is 54.5. The quantitative estimate of drug-likeness (QED) is 0.446. The van der Waals surface area contributed by atoms with E-state index in [4.69, 9.17) is 11.6 Å². The Morgan fingerprint density at radius 3 is 2.20 bits per heavy atom. The van der Waals surface area contributed by atoms with E-state index in [1.165, 1.54) is 42.5 Å². The van der Waals surface area contributed by atoms with Gasteiger partial charge in [0.15, 0.2) is 0 Å². The van der Waals surface area contributed by atoms with Crippen LogP contribution in [0.2, 0.25) is 5.02 Å². The largest absolute Gasteiger partial charge is 0.326 e. The Kier molecular flexibility index (Phi) is 7.69. The second-order valence-corrected chi connectivity index (χ2v) is 10.5. The van der Waals surface area contributed by atoms with Crippen LogP contribution in [-0.2, 0) is 21.4 Å². The predicted molar refractivity (Wildman–Crippen MR) is 132 cm³/mol. The van der Waals surface area contributed by atoms with E-state index in [-0.39, 0.29) is 28.2 Å². The van der Waals surface area contributed by atoms with Gasteiger partial charge in [-0.2, -0.15) is 0 Å². The molecule has 0 bridgehead atoms. The number of nitrogens with zero attached hydrogens (tertiary/aromatic N) is 1. The molecule has 1 amide bonds. The van der Waals surface area contributed by atoms with E-state index in [0.29, 0.717) is 48.7 Å². The van der Waals surface area contributed by atoms with Gasteiger partial charge >= 0.3 is 0 Å². The summed E-state index contributed by atoms with van der Waals surface area (Å²) in [5, 5.41) is 3.23. The van der Waals surface area contributed by atoms with Gasteiger partial charge in [-0.15, -0.1) is 0 Å². The number of nitrogens with one attached hydrogen (secondary N) is 2. The summed E-state index contributed by atoms with van der Waals surface area (Å²) in [4.78, 5) is 14.8. The van der Waals surface area contributed by atoms with Crippen LogP contribution in [0, 0.1) is 17.6 Å². The molecule has 35 heavy (non-hydrogen) atoms. The lowest BCUT2D eigenvalue weighted by molar-refractivity contribution is -0.121. The number of hydrogen-bond donors (Lipinski definition) is 2. The number of likely N-dealkylation sites (tertiary alicyclic amines) is 1. The molecule has 0 aliphatic carbocycles. The van der Waals surface area contributed by atoms with Crippen molar-refractivity contribution in [3.8, 4) is 0 Å². The van der Waals surface area contributed by atoms with Gasteiger partial charge in [-0.1, -0.05) is 17.7 Å². The number of halogens is 3. The molecule has 0 spiro atoms. The van der Waals surface area contributed by atoms with Gasteiger partial charge in [0.1, 0.15) is 11.6 Å². The highest BCUT2D eigenvalue weighted by atomic mass is 35.5. The lowest BCUT2D eigenvalue weighted by atomic mass is 9.95. The van der Waals surface area contributed by atoms with Crippen LogP contribution < -0.4 is 10.0 Å². The third-order valence-corrected chi connectivity index (χ3v) is 7.68. The topological polar surface area (TPSA) is 78.5 Å². The van der Waals surface area contributed by atoms with Crippen molar-refractivity contribution >= 4 is 38.9 Å². The van der Waals surface area contributed by atoms with Crippen molar-refractivity contribution in [3.05, 3.63) is 89.0 Å². The lowest BCUT2D eigenvalue weighted by Crippen LogP contribution is -2.38.